The van der Waals surface area contributed by atoms with Crippen molar-refractivity contribution in [3.63, 3.8) is 0 Å². The van der Waals surface area contributed by atoms with Gasteiger partial charge >= 0.3 is 6.09 Å². The molecule has 0 bridgehead atoms. The van der Waals surface area contributed by atoms with Gasteiger partial charge in [-0.25, -0.2) is 9.48 Å². The largest absolute Gasteiger partial charge is 0.497 e. The lowest BCUT2D eigenvalue weighted by Gasteiger charge is -2.35. The minimum absolute atomic E-state index is 0.0800. The summed E-state index contributed by atoms with van der Waals surface area (Å²) in [4.78, 5) is 27.0. The van der Waals surface area contributed by atoms with Gasteiger partial charge < -0.3 is 19.7 Å². The molecule has 1 aliphatic heterocycles. The Morgan fingerprint density at radius 1 is 1.37 bits per heavy atom. The van der Waals surface area contributed by atoms with Crippen LogP contribution in [-0.4, -0.2) is 70.0 Å². The fraction of sp³-hybridized carbons (Fsp3) is 0.550. The van der Waals surface area contributed by atoms with E-state index in [2.05, 4.69) is 20.8 Å². The first-order valence-electron chi connectivity index (χ1n) is 10.1. The van der Waals surface area contributed by atoms with Gasteiger partial charge in [-0.2, -0.15) is 0 Å². The summed E-state index contributed by atoms with van der Waals surface area (Å²) in [5, 5.41) is 14.5. The number of hydrogen-bond acceptors (Lipinski definition) is 7. The molecule has 1 N–H and O–H groups in total. The van der Waals surface area contributed by atoms with Gasteiger partial charge in [-0.15, -0.1) is 5.10 Å². The van der Waals surface area contributed by atoms with Crippen molar-refractivity contribution in [3.8, 4) is 5.75 Å². The predicted octanol–water partition coefficient (Wildman–Crippen LogP) is 1.51. The van der Waals surface area contributed by atoms with Gasteiger partial charge in [-0.05, 0) is 54.8 Å². The van der Waals surface area contributed by atoms with Crippen molar-refractivity contribution in [2.75, 3.05) is 26.8 Å². The van der Waals surface area contributed by atoms with Crippen LogP contribution in [0.4, 0.5) is 4.79 Å². The average molecular weight is 416 g/mol. The molecule has 1 fully saturated rings. The summed E-state index contributed by atoms with van der Waals surface area (Å²) in [6.45, 7) is 4.88. The summed E-state index contributed by atoms with van der Waals surface area (Å²) in [7, 11) is 1.61. The summed E-state index contributed by atoms with van der Waals surface area (Å²) in [5.41, 5.74) is 0.945. The molecule has 3 rings (SSSR count). The molecule has 10 heteroatoms. The predicted molar refractivity (Wildman–Crippen MR) is 108 cm³/mol. The first kappa shape index (κ1) is 21.5. The Labute approximate surface area is 175 Å². The second-order valence-electron chi connectivity index (χ2n) is 7.23. The number of nitrogens with zero attached hydrogens (tertiary/aromatic N) is 5. The van der Waals surface area contributed by atoms with Crippen molar-refractivity contribution in [1.82, 2.24) is 30.4 Å². The number of rotatable bonds is 7. The second-order valence-corrected chi connectivity index (χ2v) is 7.23. The first-order chi connectivity index (χ1) is 14.5. The van der Waals surface area contributed by atoms with Gasteiger partial charge in [0, 0.05) is 25.6 Å². The van der Waals surface area contributed by atoms with Crippen LogP contribution in [0.2, 0.25) is 0 Å². The number of aromatic nitrogens is 4. The van der Waals surface area contributed by atoms with E-state index in [0.717, 1.165) is 24.2 Å². The normalized spacial score (nSPS) is 17.3. The molecule has 2 aromatic rings. The number of tetrazole rings is 1. The van der Waals surface area contributed by atoms with Crippen LogP contribution in [0.25, 0.3) is 0 Å². The molecule has 1 aromatic carbocycles. The van der Waals surface area contributed by atoms with E-state index in [9.17, 15) is 9.59 Å². The van der Waals surface area contributed by atoms with Crippen LogP contribution >= 0.6 is 0 Å². The highest BCUT2D eigenvalue weighted by Gasteiger charge is 2.32. The Hall–Kier alpha value is -3.17. The standard InChI is InChI=1S/C20H28N6O4/c1-4-30-20(28)21-16-8-6-10-25(13-16)19(27)18(26-14(2)22-23-24-26)12-15-7-5-9-17(11-15)29-3/h5,7,9,11,16,18H,4,6,8,10,12-13H2,1-3H3,(H,21,28)/t16-,18+/m0/s1. The Morgan fingerprint density at radius 3 is 2.90 bits per heavy atom. The highest BCUT2D eigenvalue weighted by Crippen LogP contribution is 2.23. The third-order valence-corrected chi connectivity index (χ3v) is 5.13. The molecule has 1 aromatic heterocycles. The van der Waals surface area contributed by atoms with E-state index in [1.807, 2.05) is 24.3 Å². The zero-order valence-electron chi connectivity index (χ0n) is 17.6. The van der Waals surface area contributed by atoms with Crippen LogP contribution in [0, 0.1) is 6.92 Å². The molecule has 1 aliphatic rings. The van der Waals surface area contributed by atoms with E-state index in [-0.39, 0.29) is 11.9 Å². The molecule has 162 valence electrons. The maximum Gasteiger partial charge on any atom is 0.407 e. The minimum Gasteiger partial charge on any atom is -0.497 e. The number of alkyl carbamates (subject to hydrolysis) is 1. The van der Waals surface area contributed by atoms with E-state index in [4.69, 9.17) is 9.47 Å². The number of carbonyl (C=O) groups is 2. The number of ether oxygens (including phenoxy) is 2. The molecule has 0 unspecified atom stereocenters. The summed E-state index contributed by atoms with van der Waals surface area (Å²) in [6.07, 6.45) is 1.56. The third kappa shape index (κ3) is 5.25. The summed E-state index contributed by atoms with van der Waals surface area (Å²) < 4.78 is 11.8. The van der Waals surface area contributed by atoms with Gasteiger partial charge in [0.05, 0.1) is 13.7 Å². The lowest BCUT2D eigenvalue weighted by Crippen LogP contribution is -2.51. The quantitative estimate of drug-likeness (QED) is 0.728. The topological polar surface area (TPSA) is 111 Å². The Balaban J connectivity index is 1.78. The first-order valence-corrected chi connectivity index (χ1v) is 10.1. The Morgan fingerprint density at radius 2 is 2.20 bits per heavy atom. The summed E-state index contributed by atoms with van der Waals surface area (Å²) in [6, 6.07) is 6.87. The second kappa shape index (κ2) is 10.0. The van der Waals surface area contributed by atoms with Crippen molar-refractivity contribution < 1.29 is 19.1 Å². The highest BCUT2D eigenvalue weighted by atomic mass is 16.5. The molecule has 2 atom stereocenters. The van der Waals surface area contributed by atoms with Crippen LogP contribution in [-0.2, 0) is 16.0 Å². The van der Waals surface area contributed by atoms with Crippen molar-refractivity contribution in [2.45, 2.75) is 45.2 Å². The van der Waals surface area contributed by atoms with Crippen LogP contribution in [0.15, 0.2) is 24.3 Å². The molecule has 2 amide bonds. The van der Waals surface area contributed by atoms with E-state index in [0.29, 0.717) is 31.9 Å². The van der Waals surface area contributed by atoms with E-state index >= 15 is 0 Å². The van der Waals surface area contributed by atoms with Gasteiger partial charge in [0.2, 0.25) is 5.91 Å². The van der Waals surface area contributed by atoms with Gasteiger partial charge in [-0.3, -0.25) is 4.79 Å². The Bertz CT molecular complexity index is 870. The monoisotopic (exact) mass is 416 g/mol. The smallest absolute Gasteiger partial charge is 0.407 e. The molecule has 1 saturated heterocycles. The maximum atomic E-state index is 13.5. The van der Waals surface area contributed by atoms with E-state index in [1.165, 1.54) is 0 Å². The van der Waals surface area contributed by atoms with E-state index < -0.39 is 12.1 Å². The fourth-order valence-electron chi connectivity index (χ4n) is 3.67. The molecule has 2 heterocycles. The maximum absolute atomic E-state index is 13.5. The number of hydrogen-bond donors (Lipinski definition) is 1. The van der Waals surface area contributed by atoms with Gasteiger partial charge in [0.1, 0.15) is 17.6 Å². The van der Waals surface area contributed by atoms with E-state index in [1.54, 1.807) is 30.5 Å². The lowest BCUT2D eigenvalue weighted by atomic mass is 10.0. The van der Waals surface area contributed by atoms with Gasteiger partial charge in [0.25, 0.3) is 0 Å². The Kier molecular flexibility index (Phi) is 7.21. The van der Waals surface area contributed by atoms with Crippen LogP contribution in [0.1, 0.15) is 37.2 Å². The number of benzene rings is 1. The average Bonchev–Trinajstić information content (AvgIpc) is 3.17. The highest BCUT2D eigenvalue weighted by molar-refractivity contribution is 5.81. The molecular weight excluding hydrogens is 388 g/mol. The van der Waals surface area contributed by atoms with Crippen molar-refractivity contribution >= 4 is 12.0 Å². The molecule has 0 radical (unpaired) electrons. The van der Waals surface area contributed by atoms with Gasteiger partial charge in [-0.1, -0.05) is 12.1 Å². The van der Waals surface area contributed by atoms with Crippen LogP contribution < -0.4 is 10.1 Å². The lowest BCUT2D eigenvalue weighted by molar-refractivity contribution is -0.136. The number of aryl methyl sites for hydroxylation is 1. The van der Waals surface area contributed by atoms with Crippen LogP contribution in [0.5, 0.6) is 5.75 Å². The summed E-state index contributed by atoms with van der Waals surface area (Å²) in [5.74, 6) is 1.21. The minimum atomic E-state index is -0.589. The molecule has 0 saturated carbocycles. The number of carbonyl (C=O) groups excluding carboxylic acids is 2. The zero-order valence-corrected chi connectivity index (χ0v) is 17.6. The molecule has 30 heavy (non-hydrogen) atoms. The number of methoxy groups -OCH3 is 1. The third-order valence-electron chi connectivity index (χ3n) is 5.13. The number of amides is 2. The van der Waals surface area contributed by atoms with Crippen molar-refractivity contribution in [3.05, 3.63) is 35.7 Å². The van der Waals surface area contributed by atoms with Crippen LogP contribution in [0.3, 0.4) is 0 Å². The fourth-order valence-corrected chi connectivity index (χ4v) is 3.67. The van der Waals surface area contributed by atoms with Gasteiger partial charge in [0.15, 0.2) is 0 Å². The molecule has 10 nitrogen and oxygen atoms in total. The number of likely N-dealkylation sites (tertiary alicyclic amines) is 1. The molecule has 0 spiro atoms. The summed E-state index contributed by atoms with van der Waals surface area (Å²) >= 11 is 0. The number of nitrogens with one attached hydrogen (secondary N) is 1. The molecule has 0 aliphatic carbocycles. The zero-order chi connectivity index (χ0) is 21.5. The SMILES string of the molecule is CCOC(=O)N[C@H]1CCCN(C(=O)[C@@H](Cc2cccc(OC)c2)n2nnnc2C)C1. The molecular formula is C20H28N6O4. The number of piperidine rings is 1. The van der Waals surface area contributed by atoms with Crippen molar-refractivity contribution in [1.29, 1.82) is 0 Å². The van der Waals surface area contributed by atoms with Crippen molar-refractivity contribution in [2.24, 2.45) is 0 Å².